The number of aromatic nitrogens is 5. The minimum absolute atomic E-state index is 0.238. The zero-order chi connectivity index (χ0) is 27.0. The van der Waals surface area contributed by atoms with Gasteiger partial charge in [0.15, 0.2) is 0 Å². The van der Waals surface area contributed by atoms with Gasteiger partial charge in [-0.05, 0) is 30.5 Å². The molecular formula is C32H27N7. The van der Waals surface area contributed by atoms with E-state index in [0.29, 0.717) is 28.2 Å². The van der Waals surface area contributed by atoms with E-state index in [2.05, 4.69) is 95.0 Å². The molecule has 0 radical (unpaired) electrons. The first-order chi connectivity index (χ1) is 19.1. The molecule has 6 rings (SSSR count). The van der Waals surface area contributed by atoms with Crippen LogP contribution < -0.4 is 5.73 Å². The molecule has 190 valence electrons. The standard InChI is InChI=1S/C32H27N7/c1-22(39-30(34)28(18-33)29-20-35-23(2)37-31(29)39)24-19-36-38(21-24)32(25-12-6-3-7-13-25,26-14-8-4-9-15-26)27-16-10-5-11-17-27/h3-17,19-22H,34H2,1-2H3. The van der Waals surface area contributed by atoms with Crippen molar-refractivity contribution in [2.24, 2.45) is 0 Å². The van der Waals surface area contributed by atoms with E-state index < -0.39 is 5.54 Å². The summed E-state index contributed by atoms with van der Waals surface area (Å²) in [6.45, 7) is 3.88. The van der Waals surface area contributed by atoms with E-state index in [0.717, 1.165) is 22.3 Å². The second kappa shape index (κ2) is 9.58. The van der Waals surface area contributed by atoms with Crippen LogP contribution in [0.1, 0.15) is 46.6 Å². The predicted molar refractivity (Wildman–Crippen MR) is 152 cm³/mol. The predicted octanol–water partition coefficient (Wildman–Crippen LogP) is 5.84. The van der Waals surface area contributed by atoms with Gasteiger partial charge in [0.25, 0.3) is 0 Å². The molecule has 0 aliphatic rings. The SMILES string of the molecule is Cc1ncc2c(C#N)c(N)n(C(C)c3cnn(C(c4ccccc4)(c4ccccc4)c4ccccc4)c3)c2n1. The Morgan fingerprint density at radius 2 is 1.38 bits per heavy atom. The van der Waals surface area contributed by atoms with Crippen LogP contribution in [0.4, 0.5) is 5.82 Å². The number of nitrogen functional groups attached to an aromatic ring is 1. The lowest BCUT2D eigenvalue weighted by atomic mass is 9.77. The normalized spacial score (nSPS) is 12.3. The summed E-state index contributed by atoms with van der Waals surface area (Å²) >= 11 is 0. The highest BCUT2D eigenvalue weighted by atomic mass is 15.3. The summed E-state index contributed by atoms with van der Waals surface area (Å²) in [5.41, 5.74) is 11.0. The molecule has 6 aromatic rings. The van der Waals surface area contributed by atoms with E-state index in [1.807, 2.05) is 47.5 Å². The summed E-state index contributed by atoms with van der Waals surface area (Å²) in [6, 6.07) is 33.2. The average molecular weight is 510 g/mol. The molecule has 0 saturated carbocycles. The number of anilines is 1. The van der Waals surface area contributed by atoms with E-state index in [4.69, 9.17) is 10.8 Å². The zero-order valence-corrected chi connectivity index (χ0v) is 21.7. The van der Waals surface area contributed by atoms with Gasteiger partial charge >= 0.3 is 0 Å². The van der Waals surface area contributed by atoms with Crippen LogP contribution in [-0.2, 0) is 5.54 Å². The third-order valence-electron chi connectivity index (χ3n) is 7.40. The first kappa shape index (κ1) is 24.1. The van der Waals surface area contributed by atoms with Crippen LogP contribution in [0, 0.1) is 18.3 Å². The van der Waals surface area contributed by atoms with Crippen LogP contribution >= 0.6 is 0 Å². The largest absolute Gasteiger partial charge is 0.384 e. The number of nitriles is 1. The fourth-order valence-electron chi connectivity index (χ4n) is 5.52. The first-order valence-electron chi connectivity index (χ1n) is 12.8. The molecule has 3 aromatic heterocycles. The van der Waals surface area contributed by atoms with Crippen LogP contribution in [0.25, 0.3) is 11.0 Å². The minimum atomic E-state index is -0.720. The number of nitrogens with two attached hydrogens (primary N) is 1. The van der Waals surface area contributed by atoms with E-state index in [9.17, 15) is 5.26 Å². The summed E-state index contributed by atoms with van der Waals surface area (Å²) in [7, 11) is 0. The maximum atomic E-state index is 9.83. The van der Waals surface area contributed by atoms with Crippen molar-refractivity contribution in [3.63, 3.8) is 0 Å². The van der Waals surface area contributed by atoms with Gasteiger partial charge in [-0.3, -0.25) is 4.68 Å². The van der Waals surface area contributed by atoms with Crippen LogP contribution in [0.5, 0.6) is 0 Å². The maximum absolute atomic E-state index is 9.83. The Labute approximate surface area is 226 Å². The van der Waals surface area contributed by atoms with Crippen molar-refractivity contribution in [3.8, 4) is 6.07 Å². The second-order valence-corrected chi connectivity index (χ2v) is 9.60. The lowest BCUT2D eigenvalue weighted by Gasteiger charge is -2.36. The molecular weight excluding hydrogens is 482 g/mol. The number of aryl methyl sites for hydroxylation is 1. The number of hydrogen-bond donors (Lipinski definition) is 1. The molecule has 1 atom stereocenters. The molecule has 0 spiro atoms. The molecule has 3 aromatic carbocycles. The Kier molecular flexibility index (Phi) is 5.93. The molecule has 7 heteroatoms. The van der Waals surface area contributed by atoms with Crippen LogP contribution in [0.15, 0.2) is 110 Å². The van der Waals surface area contributed by atoms with Gasteiger partial charge in [0, 0.05) is 18.0 Å². The van der Waals surface area contributed by atoms with Crippen molar-refractivity contribution < 1.29 is 0 Å². The summed E-state index contributed by atoms with van der Waals surface area (Å²) in [4.78, 5) is 8.94. The third-order valence-corrected chi connectivity index (χ3v) is 7.40. The fourth-order valence-corrected chi connectivity index (χ4v) is 5.52. The molecule has 1 unspecified atom stereocenters. The van der Waals surface area contributed by atoms with E-state index in [1.165, 1.54) is 0 Å². The molecule has 3 heterocycles. The lowest BCUT2D eigenvalue weighted by Crippen LogP contribution is -2.38. The van der Waals surface area contributed by atoms with Gasteiger partial charge in [0.2, 0.25) is 0 Å². The van der Waals surface area contributed by atoms with Crippen molar-refractivity contribution in [2.75, 3.05) is 5.73 Å². The Bertz CT molecular complexity index is 1700. The smallest absolute Gasteiger partial charge is 0.147 e. The van der Waals surface area contributed by atoms with Crippen LogP contribution in [0.2, 0.25) is 0 Å². The molecule has 0 amide bonds. The summed E-state index contributed by atoms with van der Waals surface area (Å²) in [5, 5.41) is 15.5. The minimum Gasteiger partial charge on any atom is -0.384 e. The number of rotatable bonds is 6. The number of hydrogen-bond acceptors (Lipinski definition) is 5. The van der Waals surface area contributed by atoms with Gasteiger partial charge in [-0.25, -0.2) is 9.97 Å². The summed E-state index contributed by atoms with van der Waals surface area (Å²) in [6.07, 6.45) is 5.62. The Morgan fingerprint density at radius 1 is 0.846 bits per heavy atom. The molecule has 2 N–H and O–H groups in total. The van der Waals surface area contributed by atoms with E-state index in [-0.39, 0.29) is 6.04 Å². The van der Waals surface area contributed by atoms with Crippen molar-refractivity contribution in [3.05, 3.63) is 143 Å². The Balaban J connectivity index is 1.59. The van der Waals surface area contributed by atoms with Gasteiger partial charge in [-0.1, -0.05) is 91.0 Å². The molecule has 39 heavy (non-hydrogen) atoms. The third kappa shape index (κ3) is 3.77. The highest BCUT2D eigenvalue weighted by molar-refractivity contribution is 5.89. The zero-order valence-electron chi connectivity index (χ0n) is 21.7. The molecule has 0 aliphatic carbocycles. The maximum Gasteiger partial charge on any atom is 0.147 e. The van der Waals surface area contributed by atoms with Crippen LogP contribution in [0.3, 0.4) is 0 Å². The van der Waals surface area contributed by atoms with Crippen molar-refractivity contribution in [1.82, 2.24) is 24.3 Å². The Hall–Kier alpha value is -5.22. The lowest BCUT2D eigenvalue weighted by molar-refractivity contribution is 0.459. The Morgan fingerprint density at radius 3 is 1.90 bits per heavy atom. The second-order valence-electron chi connectivity index (χ2n) is 9.60. The van der Waals surface area contributed by atoms with Gasteiger partial charge in [0.05, 0.1) is 17.6 Å². The monoisotopic (exact) mass is 509 g/mol. The van der Waals surface area contributed by atoms with Crippen LogP contribution in [-0.4, -0.2) is 24.3 Å². The van der Waals surface area contributed by atoms with Gasteiger partial charge in [-0.15, -0.1) is 0 Å². The number of fused-ring (bicyclic) bond motifs is 1. The van der Waals surface area contributed by atoms with E-state index >= 15 is 0 Å². The topological polar surface area (TPSA) is 98.3 Å². The fraction of sp³-hybridized carbons (Fsp3) is 0.125. The average Bonchev–Trinajstić information content (AvgIpc) is 3.57. The highest BCUT2D eigenvalue weighted by Gasteiger charge is 2.39. The molecule has 7 nitrogen and oxygen atoms in total. The molecule has 0 fully saturated rings. The molecule has 0 saturated heterocycles. The number of nitrogens with zero attached hydrogens (tertiary/aromatic N) is 6. The summed E-state index contributed by atoms with van der Waals surface area (Å²) in [5.74, 6) is 0.984. The number of benzene rings is 3. The molecule has 0 aliphatic heterocycles. The highest BCUT2D eigenvalue weighted by Crippen LogP contribution is 2.41. The van der Waals surface area contributed by atoms with Gasteiger partial charge in [0.1, 0.15) is 34.5 Å². The van der Waals surface area contributed by atoms with Crippen molar-refractivity contribution >= 4 is 16.9 Å². The van der Waals surface area contributed by atoms with E-state index in [1.54, 1.807) is 6.20 Å². The van der Waals surface area contributed by atoms with Crippen molar-refractivity contribution in [2.45, 2.75) is 25.4 Å². The van der Waals surface area contributed by atoms with Gasteiger partial charge < -0.3 is 10.3 Å². The first-order valence-corrected chi connectivity index (χ1v) is 12.8. The van der Waals surface area contributed by atoms with Crippen molar-refractivity contribution in [1.29, 1.82) is 5.26 Å². The quantitative estimate of drug-likeness (QED) is 0.285. The molecule has 0 bridgehead atoms. The summed E-state index contributed by atoms with van der Waals surface area (Å²) < 4.78 is 3.94. The van der Waals surface area contributed by atoms with Gasteiger partial charge in [-0.2, -0.15) is 10.4 Å².